The van der Waals surface area contributed by atoms with Crippen LogP contribution in [0.5, 0.6) is 0 Å². The highest BCUT2D eigenvalue weighted by atomic mass is 79.9. The zero-order valence-electron chi connectivity index (χ0n) is 11.0. The van der Waals surface area contributed by atoms with Gasteiger partial charge in [-0.2, -0.15) is 5.26 Å². The Morgan fingerprint density at radius 2 is 2.15 bits per heavy atom. The maximum absolute atomic E-state index is 8.69. The summed E-state index contributed by atoms with van der Waals surface area (Å²) in [6, 6.07) is 13.0. The molecule has 1 aromatic heterocycles. The largest absolute Gasteiger partial charge is 0.378 e. The lowest BCUT2D eigenvalue weighted by molar-refractivity contribution is 0.609. The number of rotatable bonds is 3. The first-order valence-electron chi connectivity index (χ1n) is 6.77. The molecule has 20 heavy (non-hydrogen) atoms. The number of nitriles is 1. The molecule has 0 amide bonds. The Morgan fingerprint density at radius 3 is 2.90 bits per heavy atom. The van der Waals surface area contributed by atoms with E-state index >= 15 is 0 Å². The third-order valence-corrected chi connectivity index (χ3v) is 5.38. The van der Waals surface area contributed by atoms with Crippen LogP contribution < -0.4 is 5.32 Å². The van der Waals surface area contributed by atoms with Gasteiger partial charge in [0.05, 0.1) is 22.3 Å². The Hall–Kier alpha value is -1.31. The van der Waals surface area contributed by atoms with Crippen molar-refractivity contribution in [3.8, 4) is 6.07 Å². The second-order valence-electron chi connectivity index (χ2n) is 5.05. The molecule has 1 aromatic carbocycles. The Kier molecular flexibility index (Phi) is 4.09. The van der Waals surface area contributed by atoms with Crippen LogP contribution in [-0.2, 0) is 12.8 Å². The van der Waals surface area contributed by atoms with Crippen molar-refractivity contribution in [1.82, 2.24) is 0 Å². The summed E-state index contributed by atoms with van der Waals surface area (Å²) in [4.78, 5) is 1.50. The number of hydrogen-bond acceptors (Lipinski definition) is 3. The molecular formula is C16H15BrN2S. The van der Waals surface area contributed by atoms with Gasteiger partial charge in [0, 0.05) is 10.6 Å². The highest BCUT2D eigenvalue weighted by Gasteiger charge is 2.22. The van der Waals surface area contributed by atoms with Crippen LogP contribution in [0.15, 0.2) is 34.1 Å². The standard InChI is InChI=1S/C16H15BrN2S/c17-16-10-13-14(2-1-3-15(13)20-16)19-12-6-4-11(5-7-12)8-9-18/h4-7,10,14,19H,1-3,8H2. The molecule has 3 rings (SSSR count). The Morgan fingerprint density at radius 1 is 1.35 bits per heavy atom. The van der Waals surface area contributed by atoms with Crippen molar-refractivity contribution in [3.05, 3.63) is 50.1 Å². The number of nitrogens with zero attached hydrogens (tertiary/aromatic N) is 1. The van der Waals surface area contributed by atoms with Crippen LogP contribution >= 0.6 is 27.3 Å². The van der Waals surface area contributed by atoms with Crippen LogP contribution in [0.4, 0.5) is 5.69 Å². The highest BCUT2D eigenvalue weighted by Crippen LogP contribution is 2.39. The average Bonchev–Trinajstić information content (AvgIpc) is 2.83. The monoisotopic (exact) mass is 346 g/mol. The number of fused-ring (bicyclic) bond motifs is 1. The van der Waals surface area contributed by atoms with Crippen molar-refractivity contribution in [1.29, 1.82) is 5.26 Å². The van der Waals surface area contributed by atoms with Gasteiger partial charge in [0.15, 0.2) is 0 Å². The minimum absolute atomic E-state index is 0.406. The van der Waals surface area contributed by atoms with Gasteiger partial charge in [0.2, 0.25) is 0 Å². The minimum Gasteiger partial charge on any atom is -0.378 e. The number of hydrogen-bond donors (Lipinski definition) is 1. The molecule has 2 nitrogen and oxygen atoms in total. The van der Waals surface area contributed by atoms with Crippen molar-refractivity contribution in [2.24, 2.45) is 0 Å². The molecular weight excluding hydrogens is 332 g/mol. The molecule has 1 aliphatic carbocycles. The maximum atomic E-state index is 8.69. The van der Waals surface area contributed by atoms with Crippen molar-refractivity contribution >= 4 is 33.0 Å². The van der Waals surface area contributed by atoms with Crippen LogP contribution in [0.2, 0.25) is 0 Å². The van der Waals surface area contributed by atoms with Crippen molar-refractivity contribution < 1.29 is 0 Å². The molecule has 0 aliphatic heterocycles. The molecule has 2 aromatic rings. The molecule has 1 aliphatic rings. The van der Waals surface area contributed by atoms with E-state index in [1.54, 1.807) is 0 Å². The highest BCUT2D eigenvalue weighted by molar-refractivity contribution is 9.11. The van der Waals surface area contributed by atoms with Gasteiger partial charge in [-0.25, -0.2) is 0 Å². The first-order valence-corrected chi connectivity index (χ1v) is 8.38. The van der Waals surface area contributed by atoms with Gasteiger partial charge in [0.1, 0.15) is 0 Å². The van der Waals surface area contributed by atoms with Crippen molar-refractivity contribution in [3.63, 3.8) is 0 Å². The molecule has 4 heteroatoms. The summed E-state index contributed by atoms with van der Waals surface area (Å²) >= 11 is 5.45. The lowest BCUT2D eigenvalue weighted by atomic mass is 9.94. The van der Waals surface area contributed by atoms with Gasteiger partial charge < -0.3 is 5.32 Å². The lowest BCUT2D eigenvalue weighted by Crippen LogP contribution is -2.15. The van der Waals surface area contributed by atoms with Gasteiger partial charge in [-0.1, -0.05) is 12.1 Å². The first kappa shape index (κ1) is 13.7. The first-order chi connectivity index (χ1) is 9.76. The third kappa shape index (κ3) is 2.89. The van der Waals surface area contributed by atoms with E-state index < -0.39 is 0 Å². The average molecular weight is 347 g/mol. The molecule has 0 spiro atoms. The fourth-order valence-electron chi connectivity index (χ4n) is 2.68. The molecule has 0 saturated carbocycles. The van der Waals surface area contributed by atoms with E-state index in [2.05, 4.69) is 45.5 Å². The molecule has 1 heterocycles. The van der Waals surface area contributed by atoms with Crippen LogP contribution in [0, 0.1) is 11.3 Å². The van der Waals surface area contributed by atoms with Gasteiger partial charge in [-0.05, 0) is 64.5 Å². The lowest BCUT2D eigenvalue weighted by Gasteiger charge is -2.24. The molecule has 1 unspecified atom stereocenters. The molecule has 1 N–H and O–H groups in total. The number of halogens is 1. The zero-order chi connectivity index (χ0) is 13.9. The Labute approximate surface area is 131 Å². The predicted molar refractivity (Wildman–Crippen MR) is 87.1 cm³/mol. The molecule has 0 saturated heterocycles. The number of benzene rings is 1. The van der Waals surface area contributed by atoms with Crippen molar-refractivity contribution in [2.45, 2.75) is 31.7 Å². The van der Waals surface area contributed by atoms with Crippen molar-refractivity contribution in [2.75, 3.05) is 5.32 Å². The minimum atomic E-state index is 0.406. The van der Waals surface area contributed by atoms with E-state index in [0.717, 1.165) is 11.3 Å². The van der Waals surface area contributed by atoms with Gasteiger partial charge in [0.25, 0.3) is 0 Å². The number of anilines is 1. The van der Waals surface area contributed by atoms with E-state index in [4.69, 9.17) is 5.26 Å². The second kappa shape index (κ2) is 5.99. The third-order valence-electron chi connectivity index (χ3n) is 3.66. The molecule has 1 atom stereocenters. The summed E-state index contributed by atoms with van der Waals surface area (Å²) in [6.45, 7) is 0. The fraction of sp³-hybridized carbons (Fsp3) is 0.312. The van der Waals surface area contributed by atoms with Crippen LogP contribution in [0.3, 0.4) is 0 Å². The van der Waals surface area contributed by atoms with Gasteiger partial charge in [-0.15, -0.1) is 11.3 Å². The van der Waals surface area contributed by atoms with E-state index in [1.165, 1.54) is 33.5 Å². The summed E-state index contributed by atoms with van der Waals surface area (Å²) in [6.07, 6.45) is 4.09. The van der Waals surface area contributed by atoms with E-state index in [1.807, 2.05) is 23.5 Å². The van der Waals surface area contributed by atoms with Crippen LogP contribution in [0.25, 0.3) is 0 Å². The van der Waals surface area contributed by atoms with Gasteiger partial charge >= 0.3 is 0 Å². The smallest absolute Gasteiger partial charge is 0.0705 e. The summed E-state index contributed by atoms with van der Waals surface area (Å²) in [5.41, 5.74) is 3.64. The van der Waals surface area contributed by atoms with Gasteiger partial charge in [-0.3, -0.25) is 0 Å². The second-order valence-corrected chi connectivity index (χ2v) is 7.57. The number of nitrogens with one attached hydrogen (secondary N) is 1. The fourth-order valence-corrected chi connectivity index (χ4v) is 4.50. The van der Waals surface area contributed by atoms with Crippen LogP contribution in [0.1, 0.15) is 34.9 Å². The molecule has 0 fully saturated rings. The predicted octanol–water partition coefficient (Wildman–Crippen LogP) is 5.07. The Balaban J connectivity index is 1.77. The van der Waals surface area contributed by atoms with E-state index in [9.17, 15) is 0 Å². The molecule has 0 radical (unpaired) electrons. The summed E-state index contributed by atoms with van der Waals surface area (Å²) in [5, 5.41) is 12.3. The van der Waals surface area contributed by atoms with Crippen LogP contribution in [-0.4, -0.2) is 0 Å². The molecule has 0 bridgehead atoms. The summed E-state index contributed by atoms with van der Waals surface area (Å²) in [7, 11) is 0. The van der Waals surface area contributed by atoms with E-state index in [-0.39, 0.29) is 0 Å². The normalized spacial score (nSPS) is 17.3. The van der Waals surface area contributed by atoms with E-state index in [0.29, 0.717) is 12.5 Å². The topological polar surface area (TPSA) is 35.8 Å². The summed E-state index contributed by atoms with van der Waals surface area (Å²) in [5.74, 6) is 0. The Bertz CT molecular complexity index is 639. The maximum Gasteiger partial charge on any atom is 0.0705 e. The number of aryl methyl sites for hydroxylation is 1. The number of thiophene rings is 1. The SMILES string of the molecule is N#CCc1ccc(NC2CCCc3sc(Br)cc32)cc1. The molecule has 102 valence electrons. The summed E-state index contributed by atoms with van der Waals surface area (Å²) < 4.78 is 1.22. The zero-order valence-corrected chi connectivity index (χ0v) is 13.4. The quantitative estimate of drug-likeness (QED) is 0.842.